The van der Waals surface area contributed by atoms with Crippen molar-refractivity contribution >= 4 is 15.9 Å². The molecule has 0 saturated carbocycles. The zero-order chi connectivity index (χ0) is 13.8. The molecule has 0 radical (unpaired) electrons. The number of amides is 1. The molecule has 18 heavy (non-hydrogen) atoms. The van der Waals surface area contributed by atoms with Gasteiger partial charge in [0.2, 0.25) is 15.9 Å². The smallest absolute Gasteiger partial charge is 0.237 e. The number of ether oxygens (including phenoxy) is 1. The minimum atomic E-state index is -3.26. The van der Waals surface area contributed by atoms with Gasteiger partial charge in [0.25, 0.3) is 0 Å². The number of hydrogen-bond acceptors (Lipinski definition) is 5. The number of methoxy groups -OCH3 is 1. The van der Waals surface area contributed by atoms with E-state index in [0.717, 1.165) is 4.31 Å². The van der Waals surface area contributed by atoms with Crippen LogP contribution in [0.1, 0.15) is 6.42 Å². The van der Waals surface area contributed by atoms with E-state index in [0.29, 0.717) is 13.0 Å². The average molecular weight is 279 g/mol. The second-order valence-corrected chi connectivity index (χ2v) is 6.75. The molecule has 8 heteroatoms. The summed E-state index contributed by atoms with van der Waals surface area (Å²) in [6.45, 7) is 0.764. The lowest BCUT2D eigenvalue weighted by molar-refractivity contribution is -0.122. The molecule has 2 atom stereocenters. The zero-order valence-electron chi connectivity index (χ0n) is 11.0. The van der Waals surface area contributed by atoms with Crippen LogP contribution in [-0.4, -0.2) is 70.8 Å². The van der Waals surface area contributed by atoms with Crippen molar-refractivity contribution < 1.29 is 17.9 Å². The molecular formula is C10H21N3O4S. The van der Waals surface area contributed by atoms with Gasteiger partial charge in [-0.3, -0.25) is 4.79 Å². The standard InChI is InChI=1S/C10H21N3O4S/c1-13(2)18(15,16)5-4-11-10(14)9-6-8(17-3)7-12-9/h8-9,12H,4-7H2,1-3H3,(H,11,14). The highest BCUT2D eigenvalue weighted by Crippen LogP contribution is 2.09. The van der Waals surface area contributed by atoms with Crippen molar-refractivity contribution in [2.45, 2.75) is 18.6 Å². The van der Waals surface area contributed by atoms with Crippen molar-refractivity contribution in [1.29, 1.82) is 0 Å². The number of carbonyl (C=O) groups is 1. The quantitative estimate of drug-likeness (QED) is 0.609. The molecule has 1 aliphatic rings. The summed E-state index contributed by atoms with van der Waals surface area (Å²) in [6.07, 6.45) is 0.661. The van der Waals surface area contributed by atoms with Gasteiger partial charge in [-0.05, 0) is 6.42 Å². The number of rotatable bonds is 6. The molecule has 1 aliphatic heterocycles. The summed E-state index contributed by atoms with van der Waals surface area (Å²) in [4.78, 5) is 11.7. The molecule has 0 aromatic heterocycles. The predicted molar refractivity (Wildman–Crippen MR) is 67.7 cm³/mol. The SMILES string of the molecule is COC1CNC(C(=O)NCCS(=O)(=O)N(C)C)C1. The highest BCUT2D eigenvalue weighted by molar-refractivity contribution is 7.89. The number of carbonyl (C=O) groups excluding carboxylic acids is 1. The predicted octanol–water partition coefficient (Wildman–Crippen LogP) is -1.63. The molecule has 1 heterocycles. The van der Waals surface area contributed by atoms with Crippen LogP contribution in [0.2, 0.25) is 0 Å². The van der Waals surface area contributed by atoms with Gasteiger partial charge in [0.15, 0.2) is 0 Å². The van der Waals surface area contributed by atoms with E-state index in [1.54, 1.807) is 7.11 Å². The molecule has 2 N–H and O–H groups in total. The maximum atomic E-state index is 11.7. The number of sulfonamides is 1. The lowest BCUT2D eigenvalue weighted by Crippen LogP contribution is -2.42. The molecule has 1 saturated heterocycles. The van der Waals surface area contributed by atoms with Gasteiger partial charge in [-0.25, -0.2) is 12.7 Å². The molecule has 0 bridgehead atoms. The van der Waals surface area contributed by atoms with Crippen LogP contribution in [0.3, 0.4) is 0 Å². The van der Waals surface area contributed by atoms with Gasteiger partial charge in [-0.1, -0.05) is 0 Å². The average Bonchev–Trinajstić information content (AvgIpc) is 2.76. The maximum Gasteiger partial charge on any atom is 0.237 e. The summed E-state index contributed by atoms with van der Waals surface area (Å²) >= 11 is 0. The highest BCUT2D eigenvalue weighted by Gasteiger charge is 2.29. The van der Waals surface area contributed by atoms with Crippen LogP contribution in [0.4, 0.5) is 0 Å². The maximum absolute atomic E-state index is 11.7. The lowest BCUT2D eigenvalue weighted by atomic mass is 10.2. The third-order valence-corrected chi connectivity index (χ3v) is 4.79. The summed E-state index contributed by atoms with van der Waals surface area (Å²) < 4.78 is 29.2. The van der Waals surface area contributed by atoms with Gasteiger partial charge in [-0.2, -0.15) is 0 Å². The van der Waals surface area contributed by atoms with E-state index in [2.05, 4.69) is 10.6 Å². The van der Waals surface area contributed by atoms with E-state index in [1.807, 2.05) is 0 Å². The largest absolute Gasteiger partial charge is 0.380 e. The Balaban J connectivity index is 2.30. The summed E-state index contributed by atoms with van der Waals surface area (Å²) in [5.41, 5.74) is 0. The van der Waals surface area contributed by atoms with Crippen LogP contribution < -0.4 is 10.6 Å². The van der Waals surface area contributed by atoms with E-state index >= 15 is 0 Å². The van der Waals surface area contributed by atoms with Gasteiger partial charge < -0.3 is 15.4 Å². The first-order chi connectivity index (χ1) is 8.36. The molecule has 0 spiro atoms. The van der Waals surface area contributed by atoms with Gasteiger partial charge in [0, 0.05) is 34.3 Å². The zero-order valence-corrected chi connectivity index (χ0v) is 11.8. The minimum absolute atomic E-state index is 0.0475. The van der Waals surface area contributed by atoms with E-state index in [9.17, 15) is 13.2 Å². The fourth-order valence-electron chi connectivity index (χ4n) is 1.69. The van der Waals surface area contributed by atoms with Crippen molar-refractivity contribution in [3.05, 3.63) is 0 Å². The number of nitrogens with zero attached hydrogens (tertiary/aromatic N) is 1. The topological polar surface area (TPSA) is 87.7 Å². The van der Waals surface area contributed by atoms with Crippen LogP contribution in [0.25, 0.3) is 0 Å². The summed E-state index contributed by atoms with van der Waals surface area (Å²) in [5.74, 6) is -0.268. The molecule has 7 nitrogen and oxygen atoms in total. The van der Waals surface area contributed by atoms with Gasteiger partial charge in [-0.15, -0.1) is 0 Å². The fourth-order valence-corrected chi connectivity index (χ4v) is 2.42. The van der Waals surface area contributed by atoms with Crippen LogP contribution in [0.15, 0.2) is 0 Å². The van der Waals surface area contributed by atoms with Crippen LogP contribution >= 0.6 is 0 Å². The Labute approximate surface area is 108 Å². The first-order valence-electron chi connectivity index (χ1n) is 5.81. The molecule has 0 aliphatic carbocycles. The van der Waals surface area contributed by atoms with E-state index in [1.165, 1.54) is 14.1 Å². The third-order valence-electron chi connectivity index (χ3n) is 2.96. The molecular weight excluding hydrogens is 258 g/mol. The highest BCUT2D eigenvalue weighted by atomic mass is 32.2. The second kappa shape index (κ2) is 6.46. The Bertz CT molecular complexity index is 383. The van der Waals surface area contributed by atoms with Crippen LogP contribution in [0.5, 0.6) is 0 Å². The molecule has 1 rings (SSSR count). The fraction of sp³-hybridized carbons (Fsp3) is 0.900. The number of hydrogen-bond donors (Lipinski definition) is 2. The van der Waals surface area contributed by atoms with E-state index in [4.69, 9.17) is 4.74 Å². The van der Waals surface area contributed by atoms with Crippen LogP contribution in [-0.2, 0) is 19.6 Å². The summed E-state index contributed by atoms with van der Waals surface area (Å²) in [6, 6.07) is -0.294. The number of nitrogens with one attached hydrogen (secondary N) is 2. The monoisotopic (exact) mass is 279 g/mol. The normalized spacial score (nSPS) is 24.4. The Morgan fingerprint density at radius 3 is 2.67 bits per heavy atom. The van der Waals surface area contributed by atoms with E-state index < -0.39 is 10.0 Å². The van der Waals surface area contributed by atoms with Gasteiger partial charge in [0.05, 0.1) is 17.9 Å². The van der Waals surface area contributed by atoms with Crippen LogP contribution in [0, 0.1) is 0 Å². The Morgan fingerprint density at radius 1 is 1.50 bits per heavy atom. The van der Waals surface area contributed by atoms with Crippen molar-refractivity contribution in [2.75, 3.05) is 40.0 Å². The van der Waals surface area contributed by atoms with Crippen molar-refractivity contribution in [3.8, 4) is 0 Å². The van der Waals surface area contributed by atoms with Crippen molar-refractivity contribution in [3.63, 3.8) is 0 Å². The van der Waals surface area contributed by atoms with E-state index in [-0.39, 0.29) is 30.4 Å². The molecule has 1 amide bonds. The first kappa shape index (κ1) is 15.4. The molecule has 0 aromatic carbocycles. The Kier molecular flexibility index (Phi) is 5.51. The minimum Gasteiger partial charge on any atom is -0.380 e. The molecule has 0 aromatic rings. The van der Waals surface area contributed by atoms with Gasteiger partial charge >= 0.3 is 0 Å². The molecule has 1 fully saturated rings. The first-order valence-corrected chi connectivity index (χ1v) is 7.42. The third kappa shape index (κ3) is 4.20. The molecule has 2 unspecified atom stereocenters. The Hall–Kier alpha value is -0.700. The van der Waals surface area contributed by atoms with Crippen molar-refractivity contribution in [1.82, 2.24) is 14.9 Å². The summed E-state index contributed by atoms with van der Waals surface area (Å²) in [5, 5.41) is 5.65. The summed E-state index contributed by atoms with van der Waals surface area (Å²) in [7, 11) is 1.29. The molecule has 106 valence electrons. The second-order valence-electron chi connectivity index (χ2n) is 4.44. The lowest BCUT2D eigenvalue weighted by Gasteiger charge is -2.13. The van der Waals surface area contributed by atoms with Crippen molar-refractivity contribution in [2.24, 2.45) is 0 Å². The Morgan fingerprint density at radius 2 is 2.17 bits per heavy atom. The van der Waals surface area contributed by atoms with Gasteiger partial charge in [0.1, 0.15) is 0 Å².